The summed E-state index contributed by atoms with van der Waals surface area (Å²) >= 11 is 0. The Morgan fingerprint density at radius 1 is 1.19 bits per heavy atom. The van der Waals surface area contributed by atoms with Crippen molar-refractivity contribution >= 4 is 29.3 Å². The van der Waals surface area contributed by atoms with Gasteiger partial charge in [-0.2, -0.15) is 0 Å². The van der Waals surface area contributed by atoms with E-state index in [2.05, 4.69) is 11.1 Å². The fraction of sp³-hybridized carbons (Fsp3) is 0.333. The van der Waals surface area contributed by atoms with Crippen LogP contribution in [0.5, 0.6) is 5.75 Å². The van der Waals surface area contributed by atoms with Crippen molar-refractivity contribution in [2.24, 2.45) is 4.99 Å². The molecule has 26 heavy (non-hydrogen) atoms. The molecular weight excluding hydrogens is 326 g/mol. The molecule has 2 aromatic carbocycles. The van der Waals surface area contributed by atoms with Gasteiger partial charge in [0, 0.05) is 23.9 Å². The molecule has 0 radical (unpaired) electrons. The van der Waals surface area contributed by atoms with Crippen LogP contribution in [0.2, 0.25) is 0 Å². The lowest BCUT2D eigenvalue weighted by Crippen LogP contribution is -2.40. The van der Waals surface area contributed by atoms with Crippen LogP contribution >= 0.6 is 0 Å². The van der Waals surface area contributed by atoms with Gasteiger partial charge in [0.05, 0.1) is 29.9 Å². The Balaban J connectivity index is 1.67. The first-order chi connectivity index (χ1) is 12.5. The maximum atomic E-state index is 12.5. The summed E-state index contributed by atoms with van der Waals surface area (Å²) in [4.78, 5) is 20.9. The lowest BCUT2D eigenvalue weighted by Gasteiger charge is -2.38. The first-order valence-corrected chi connectivity index (χ1v) is 9.04. The van der Waals surface area contributed by atoms with Crippen LogP contribution in [0.25, 0.3) is 0 Å². The van der Waals surface area contributed by atoms with Crippen molar-refractivity contribution in [3.63, 3.8) is 0 Å². The fourth-order valence-corrected chi connectivity index (χ4v) is 4.49. The van der Waals surface area contributed by atoms with Crippen molar-refractivity contribution in [3.05, 3.63) is 47.0 Å². The molecular formula is C21H21N3O2. The number of amides is 1. The van der Waals surface area contributed by atoms with Crippen molar-refractivity contribution in [1.82, 2.24) is 0 Å². The highest BCUT2D eigenvalue weighted by atomic mass is 16.3. The van der Waals surface area contributed by atoms with Crippen molar-refractivity contribution in [1.29, 1.82) is 0 Å². The maximum absolute atomic E-state index is 12.5. The SMILES string of the molecule is CC1(C)CC(=O)N2CCc3cc(N4C=Nc5ccccc5C4)c(O)c1c32. The van der Waals surface area contributed by atoms with Crippen LogP contribution < -0.4 is 9.80 Å². The average Bonchev–Trinajstić information content (AvgIpc) is 3.03. The second kappa shape index (κ2) is 5.10. The van der Waals surface area contributed by atoms with E-state index in [1.54, 1.807) is 6.34 Å². The zero-order chi connectivity index (χ0) is 18.1. The number of fused-ring (bicyclic) bond motifs is 1. The molecule has 132 valence electrons. The molecule has 0 aromatic heterocycles. The lowest BCUT2D eigenvalue weighted by molar-refractivity contribution is -0.120. The van der Waals surface area contributed by atoms with Gasteiger partial charge in [0.15, 0.2) is 0 Å². The molecule has 0 saturated heterocycles. The predicted molar refractivity (Wildman–Crippen MR) is 103 cm³/mol. The Hall–Kier alpha value is -2.82. The molecule has 3 heterocycles. The summed E-state index contributed by atoms with van der Waals surface area (Å²) in [6.45, 7) is 5.46. The Labute approximate surface area is 152 Å². The lowest BCUT2D eigenvalue weighted by atomic mass is 9.76. The number of hydrogen-bond donors (Lipinski definition) is 1. The number of aliphatic imine (C=N–C) groups is 1. The zero-order valence-corrected chi connectivity index (χ0v) is 15.0. The molecule has 5 heteroatoms. The quantitative estimate of drug-likeness (QED) is 0.857. The predicted octanol–water partition coefficient (Wildman–Crippen LogP) is 3.64. The molecule has 1 amide bonds. The van der Waals surface area contributed by atoms with E-state index in [-0.39, 0.29) is 17.1 Å². The summed E-state index contributed by atoms with van der Waals surface area (Å²) in [5.74, 6) is 0.431. The van der Waals surface area contributed by atoms with Gasteiger partial charge in [-0.1, -0.05) is 32.0 Å². The molecule has 2 aromatic rings. The maximum Gasteiger partial charge on any atom is 0.227 e. The van der Waals surface area contributed by atoms with Gasteiger partial charge in [-0.3, -0.25) is 4.79 Å². The number of aromatic hydroxyl groups is 1. The largest absolute Gasteiger partial charge is 0.505 e. The standard InChI is InChI=1S/C21H21N3O2/c1-21(2)10-17(25)24-8-7-13-9-16(20(26)18(21)19(13)24)23-11-14-5-3-4-6-15(14)22-12-23/h3-6,9,12,26H,7-8,10-11H2,1-2H3. The summed E-state index contributed by atoms with van der Waals surface area (Å²) in [6.07, 6.45) is 3.05. The number of phenols is 1. The van der Waals surface area contributed by atoms with Crippen molar-refractivity contribution in [3.8, 4) is 5.75 Å². The van der Waals surface area contributed by atoms with Gasteiger partial charge >= 0.3 is 0 Å². The van der Waals surface area contributed by atoms with Crippen LogP contribution in [-0.4, -0.2) is 23.9 Å². The van der Waals surface area contributed by atoms with Crippen molar-refractivity contribution in [2.75, 3.05) is 16.3 Å². The minimum Gasteiger partial charge on any atom is -0.505 e. The van der Waals surface area contributed by atoms with Gasteiger partial charge in [0.25, 0.3) is 0 Å². The highest BCUT2D eigenvalue weighted by molar-refractivity contribution is 6.02. The number of rotatable bonds is 1. The van der Waals surface area contributed by atoms with E-state index >= 15 is 0 Å². The van der Waals surface area contributed by atoms with Crippen molar-refractivity contribution in [2.45, 2.75) is 38.6 Å². The third-order valence-corrected chi connectivity index (χ3v) is 5.75. The van der Waals surface area contributed by atoms with E-state index in [0.29, 0.717) is 19.5 Å². The molecule has 0 aliphatic carbocycles. The van der Waals surface area contributed by atoms with E-state index in [9.17, 15) is 9.90 Å². The van der Waals surface area contributed by atoms with Crippen LogP contribution in [0.1, 0.15) is 37.0 Å². The number of phenolic OH excluding ortho intramolecular Hbond substituents is 1. The second-order valence-corrected chi connectivity index (χ2v) is 7.98. The number of para-hydroxylation sites is 1. The number of carbonyl (C=O) groups excluding carboxylic acids is 1. The number of benzene rings is 2. The van der Waals surface area contributed by atoms with Gasteiger partial charge in [-0.15, -0.1) is 0 Å². The molecule has 0 saturated carbocycles. The van der Waals surface area contributed by atoms with Crippen LogP contribution in [0, 0.1) is 0 Å². The van der Waals surface area contributed by atoms with E-state index < -0.39 is 0 Å². The summed E-state index contributed by atoms with van der Waals surface area (Å²) in [5.41, 5.74) is 5.48. The molecule has 0 atom stereocenters. The van der Waals surface area contributed by atoms with E-state index in [1.807, 2.05) is 47.9 Å². The van der Waals surface area contributed by atoms with Crippen molar-refractivity contribution < 1.29 is 9.90 Å². The smallest absolute Gasteiger partial charge is 0.227 e. The number of nitrogens with zero attached hydrogens (tertiary/aromatic N) is 3. The molecule has 3 aliphatic rings. The average molecular weight is 347 g/mol. The van der Waals surface area contributed by atoms with Gasteiger partial charge in [-0.25, -0.2) is 4.99 Å². The Morgan fingerprint density at radius 3 is 2.85 bits per heavy atom. The summed E-state index contributed by atoms with van der Waals surface area (Å²) in [6, 6.07) is 10.1. The molecule has 5 rings (SSSR count). The number of carbonyl (C=O) groups is 1. The number of hydrogen-bond acceptors (Lipinski definition) is 4. The summed E-state index contributed by atoms with van der Waals surface area (Å²) in [5, 5.41) is 11.2. The molecule has 3 aliphatic heterocycles. The van der Waals surface area contributed by atoms with Gasteiger partial charge in [0.1, 0.15) is 5.75 Å². The molecule has 0 fully saturated rings. The molecule has 5 nitrogen and oxygen atoms in total. The van der Waals surface area contributed by atoms with E-state index in [1.165, 1.54) is 0 Å². The van der Waals surface area contributed by atoms with Gasteiger partial charge < -0.3 is 14.9 Å². The fourth-order valence-electron chi connectivity index (χ4n) is 4.49. The monoisotopic (exact) mass is 347 g/mol. The van der Waals surface area contributed by atoms with E-state index in [0.717, 1.165) is 40.2 Å². The Bertz CT molecular complexity index is 977. The van der Waals surface area contributed by atoms with Gasteiger partial charge in [0.2, 0.25) is 5.91 Å². The molecule has 0 bridgehead atoms. The minimum atomic E-state index is -0.382. The third kappa shape index (κ3) is 2.03. The number of anilines is 2. The highest BCUT2D eigenvalue weighted by Crippen LogP contribution is 2.52. The third-order valence-electron chi connectivity index (χ3n) is 5.75. The molecule has 0 spiro atoms. The van der Waals surface area contributed by atoms with Crippen LogP contribution in [-0.2, 0) is 23.2 Å². The van der Waals surface area contributed by atoms with Gasteiger partial charge in [-0.05, 0) is 29.7 Å². The highest BCUT2D eigenvalue weighted by Gasteiger charge is 2.43. The normalized spacial score (nSPS) is 19.5. The van der Waals surface area contributed by atoms with Crippen LogP contribution in [0.15, 0.2) is 35.3 Å². The zero-order valence-electron chi connectivity index (χ0n) is 15.0. The molecule has 0 unspecified atom stereocenters. The Kier molecular flexibility index (Phi) is 3.03. The minimum absolute atomic E-state index is 0.155. The first kappa shape index (κ1) is 15.4. The van der Waals surface area contributed by atoms with E-state index in [4.69, 9.17) is 0 Å². The van der Waals surface area contributed by atoms with Crippen LogP contribution in [0.4, 0.5) is 17.1 Å². The summed E-state index contributed by atoms with van der Waals surface area (Å²) in [7, 11) is 0. The van der Waals surface area contributed by atoms with Crippen LogP contribution in [0.3, 0.4) is 0 Å². The topological polar surface area (TPSA) is 56.1 Å². The Morgan fingerprint density at radius 2 is 2.00 bits per heavy atom. The summed E-state index contributed by atoms with van der Waals surface area (Å²) < 4.78 is 0. The molecule has 1 N–H and O–H groups in total. The second-order valence-electron chi connectivity index (χ2n) is 7.98. The first-order valence-electron chi connectivity index (χ1n) is 9.04.